The van der Waals surface area contributed by atoms with Gasteiger partial charge < -0.3 is 15.6 Å². The van der Waals surface area contributed by atoms with Crippen LogP contribution >= 0.6 is 15.9 Å². The van der Waals surface area contributed by atoms with Crippen molar-refractivity contribution in [3.63, 3.8) is 0 Å². The largest absolute Gasteiger partial charge is 0.363 e. The molecule has 86 valence electrons. The quantitative estimate of drug-likeness (QED) is 0.667. The zero-order valence-corrected chi connectivity index (χ0v) is 11.0. The third-order valence-electron chi connectivity index (χ3n) is 2.23. The van der Waals surface area contributed by atoms with Gasteiger partial charge in [-0.15, -0.1) is 0 Å². The average molecular weight is 274 g/mol. The molecule has 1 unspecified atom stereocenters. The summed E-state index contributed by atoms with van der Waals surface area (Å²) in [6.07, 6.45) is 3.15. The number of halogens is 1. The lowest BCUT2D eigenvalue weighted by Gasteiger charge is -2.13. The van der Waals surface area contributed by atoms with Crippen molar-refractivity contribution in [1.29, 1.82) is 0 Å². The van der Waals surface area contributed by atoms with E-state index < -0.39 is 0 Å². The molecule has 0 aliphatic carbocycles. The fourth-order valence-corrected chi connectivity index (χ4v) is 1.76. The molecule has 0 radical (unpaired) electrons. The second-order valence-electron chi connectivity index (χ2n) is 3.83. The van der Waals surface area contributed by atoms with Crippen LogP contribution in [0, 0.1) is 0 Å². The molecule has 0 fully saturated rings. The lowest BCUT2D eigenvalue weighted by molar-refractivity contribution is 0.498. The molecular formula is C11H20BrN3. The lowest BCUT2D eigenvalue weighted by Crippen LogP contribution is -2.36. The van der Waals surface area contributed by atoms with Gasteiger partial charge in [0.15, 0.2) is 0 Å². The molecule has 0 saturated heterocycles. The number of nitrogens with one attached hydrogen (secondary N) is 3. The van der Waals surface area contributed by atoms with Crippen molar-refractivity contribution in [2.45, 2.75) is 32.9 Å². The summed E-state index contributed by atoms with van der Waals surface area (Å²) in [5.74, 6) is 0. The molecule has 15 heavy (non-hydrogen) atoms. The standard InChI is InChI=1S/C11H20BrN3/c1-3-4-13-6-9(2)14-8-11-5-10(12)7-15-11/h5,7,9,13-15H,3-4,6,8H2,1-2H3. The summed E-state index contributed by atoms with van der Waals surface area (Å²) in [5.41, 5.74) is 1.21. The highest BCUT2D eigenvalue weighted by atomic mass is 79.9. The Bertz CT molecular complexity index is 273. The van der Waals surface area contributed by atoms with Gasteiger partial charge in [-0.25, -0.2) is 0 Å². The maximum Gasteiger partial charge on any atom is 0.0360 e. The number of aromatic amines is 1. The zero-order chi connectivity index (χ0) is 11.1. The Balaban J connectivity index is 2.13. The monoisotopic (exact) mass is 273 g/mol. The van der Waals surface area contributed by atoms with E-state index in [2.05, 4.69) is 51.5 Å². The highest BCUT2D eigenvalue weighted by molar-refractivity contribution is 9.10. The summed E-state index contributed by atoms with van der Waals surface area (Å²) in [4.78, 5) is 3.20. The van der Waals surface area contributed by atoms with Gasteiger partial charge in [-0.1, -0.05) is 6.92 Å². The van der Waals surface area contributed by atoms with Crippen LogP contribution in [0.15, 0.2) is 16.7 Å². The van der Waals surface area contributed by atoms with E-state index in [0.29, 0.717) is 6.04 Å². The predicted molar refractivity (Wildman–Crippen MR) is 68.0 cm³/mol. The second kappa shape index (κ2) is 7.04. The third-order valence-corrected chi connectivity index (χ3v) is 2.68. The third kappa shape index (κ3) is 5.35. The van der Waals surface area contributed by atoms with Crippen LogP contribution in [-0.4, -0.2) is 24.1 Å². The van der Waals surface area contributed by atoms with Crippen LogP contribution < -0.4 is 10.6 Å². The van der Waals surface area contributed by atoms with Crippen LogP contribution in [0.4, 0.5) is 0 Å². The molecule has 0 aliphatic heterocycles. The Kier molecular flexibility index (Phi) is 5.98. The van der Waals surface area contributed by atoms with Gasteiger partial charge in [0.2, 0.25) is 0 Å². The number of H-pyrrole nitrogens is 1. The molecular weight excluding hydrogens is 254 g/mol. The molecule has 1 aromatic heterocycles. The van der Waals surface area contributed by atoms with Crippen LogP contribution in [0.5, 0.6) is 0 Å². The van der Waals surface area contributed by atoms with Gasteiger partial charge in [0.1, 0.15) is 0 Å². The fraction of sp³-hybridized carbons (Fsp3) is 0.636. The normalized spacial score (nSPS) is 13.0. The molecule has 0 bridgehead atoms. The molecule has 0 aliphatic rings. The number of aromatic nitrogens is 1. The molecule has 0 amide bonds. The summed E-state index contributed by atoms with van der Waals surface area (Å²) in [7, 11) is 0. The SMILES string of the molecule is CCCNCC(C)NCc1cc(Br)c[nH]1. The average Bonchev–Trinajstić information content (AvgIpc) is 2.62. The Morgan fingerprint density at radius 3 is 2.93 bits per heavy atom. The smallest absolute Gasteiger partial charge is 0.0360 e. The van der Waals surface area contributed by atoms with E-state index in [1.54, 1.807) is 0 Å². The first kappa shape index (κ1) is 12.7. The van der Waals surface area contributed by atoms with Crippen LogP contribution in [0.25, 0.3) is 0 Å². The van der Waals surface area contributed by atoms with Crippen LogP contribution in [0.1, 0.15) is 26.0 Å². The lowest BCUT2D eigenvalue weighted by atomic mass is 10.3. The van der Waals surface area contributed by atoms with Crippen molar-refractivity contribution in [2.75, 3.05) is 13.1 Å². The van der Waals surface area contributed by atoms with Crippen molar-refractivity contribution >= 4 is 15.9 Å². The molecule has 1 atom stereocenters. The molecule has 3 N–H and O–H groups in total. The fourth-order valence-electron chi connectivity index (χ4n) is 1.37. The summed E-state index contributed by atoms with van der Waals surface area (Å²) in [5, 5.41) is 6.85. The van der Waals surface area contributed by atoms with Crippen molar-refractivity contribution < 1.29 is 0 Å². The second-order valence-corrected chi connectivity index (χ2v) is 4.74. The van der Waals surface area contributed by atoms with E-state index in [1.165, 1.54) is 12.1 Å². The van der Waals surface area contributed by atoms with E-state index in [9.17, 15) is 0 Å². The Labute approximate surface area is 100 Å². The van der Waals surface area contributed by atoms with Gasteiger partial charge in [-0.05, 0) is 41.9 Å². The number of hydrogen-bond donors (Lipinski definition) is 3. The molecule has 0 saturated carbocycles. The summed E-state index contributed by atoms with van der Waals surface area (Å²) in [6, 6.07) is 2.60. The topological polar surface area (TPSA) is 39.8 Å². The van der Waals surface area contributed by atoms with Gasteiger partial charge in [0.25, 0.3) is 0 Å². The van der Waals surface area contributed by atoms with E-state index in [1.807, 2.05) is 6.20 Å². The molecule has 3 nitrogen and oxygen atoms in total. The van der Waals surface area contributed by atoms with Crippen molar-refractivity contribution in [3.05, 3.63) is 22.4 Å². The zero-order valence-electron chi connectivity index (χ0n) is 9.44. The van der Waals surface area contributed by atoms with Crippen molar-refractivity contribution in [1.82, 2.24) is 15.6 Å². The van der Waals surface area contributed by atoms with E-state index >= 15 is 0 Å². The molecule has 1 rings (SSSR count). The highest BCUT2D eigenvalue weighted by Crippen LogP contribution is 2.10. The van der Waals surface area contributed by atoms with Crippen molar-refractivity contribution in [3.8, 4) is 0 Å². The van der Waals surface area contributed by atoms with Crippen molar-refractivity contribution in [2.24, 2.45) is 0 Å². The summed E-state index contributed by atoms with van der Waals surface area (Å²) >= 11 is 3.42. The first-order chi connectivity index (χ1) is 7.22. The molecule has 1 heterocycles. The van der Waals surface area contributed by atoms with Gasteiger partial charge in [0.05, 0.1) is 0 Å². The van der Waals surface area contributed by atoms with E-state index in [-0.39, 0.29) is 0 Å². The highest BCUT2D eigenvalue weighted by Gasteiger charge is 2.01. The Hall–Kier alpha value is -0.320. The molecule has 1 aromatic rings. The minimum absolute atomic E-state index is 0.499. The minimum Gasteiger partial charge on any atom is -0.363 e. The molecule has 0 spiro atoms. The predicted octanol–water partition coefficient (Wildman–Crippen LogP) is 2.25. The van der Waals surface area contributed by atoms with E-state index in [4.69, 9.17) is 0 Å². The number of hydrogen-bond acceptors (Lipinski definition) is 2. The molecule has 0 aromatic carbocycles. The molecule has 4 heteroatoms. The Morgan fingerprint density at radius 1 is 1.53 bits per heavy atom. The van der Waals surface area contributed by atoms with Gasteiger partial charge >= 0.3 is 0 Å². The first-order valence-corrected chi connectivity index (χ1v) is 6.28. The van der Waals surface area contributed by atoms with E-state index in [0.717, 1.165) is 24.1 Å². The van der Waals surface area contributed by atoms with Crippen LogP contribution in [-0.2, 0) is 6.54 Å². The van der Waals surface area contributed by atoms with Gasteiger partial charge in [0, 0.05) is 35.5 Å². The minimum atomic E-state index is 0.499. The maximum atomic E-state index is 3.46. The Morgan fingerprint density at radius 2 is 2.33 bits per heavy atom. The maximum absolute atomic E-state index is 3.46. The van der Waals surface area contributed by atoms with Gasteiger partial charge in [-0.3, -0.25) is 0 Å². The van der Waals surface area contributed by atoms with Crippen LogP contribution in [0.3, 0.4) is 0 Å². The number of rotatable bonds is 7. The first-order valence-electron chi connectivity index (χ1n) is 5.49. The summed E-state index contributed by atoms with van der Waals surface area (Å²) in [6.45, 7) is 7.39. The summed E-state index contributed by atoms with van der Waals surface area (Å²) < 4.78 is 1.11. The van der Waals surface area contributed by atoms with Crippen LogP contribution in [0.2, 0.25) is 0 Å². The van der Waals surface area contributed by atoms with Gasteiger partial charge in [-0.2, -0.15) is 0 Å².